The summed E-state index contributed by atoms with van der Waals surface area (Å²) in [6, 6.07) is 13.1. The first-order chi connectivity index (χ1) is 13.4. The van der Waals surface area contributed by atoms with Gasteiger partial charge in [0.15, 0.2) is 6.04 Å². The fourth-order valence-corrected chi connectivity index (χ4v) is 4.15. The Morgan fingerprint density at radius 3 is 1.61 bits per heavy atom. The average molecular weight is 389 g/mol. The van der Waals surface area contributed by atoms with Gasteiger partial charge in [0.25, 0.3) is 5.91 Å². The lowest BCUT2D eigenvalue weighted by Gasteiger charge is -2.37. The van der Waals surface area contributed by atoms with E-state index in [1.165, 1.54) is 34.1 Å². The lowest BCUT2D eigenvalue weighted by molar-refractivity contribution is -1.03. The van der Waals surface area contributed by atoms with Crippen LogP contribution in [0.1, 0.15) is 24.1 Å². The number of rotatable bonds is 5. The van der Waals surface area contributed by atoms with E-state index in [1.807, 2.05) is 31.2 Å². The predicted molar refractivity (Wildman–Crippen MR) is 104 cm³/mol. The molecule has 2 aromatic carbocycles. The fourth-order valence-electron chi connectivity index (χ4n) is 4.15. The van der Waals surface area contributed by atoms with E-state index < -0.39 is 0 Å². The monoisotopic (exact) mass is 389 g/mol. The molecule has 2 aromatic rings. The molecule has 1 aliphatic heterocycles. The number of hydrogen-bond donors (Lipinski definition) is 2. The highest BCUT2D eigenvalue weighted by Gasteiger charge is 2.36. The Hall–Kier alpha value is -2.31. The van der Waals surface area contributed by atoms with Crippen molar-refractivity contribution in [2.24, 2.45) is 0 Å². The molecule has 1 fully saturated rings. The van der Waals surface area contributed by atoms with Gasteiger partial charge >= 0.3 is 0 Å². The predicted octanol–water partition coefficient (Wildman–Crippen LogP) is 0.314. The smallest absolute Gasteiger partial charge is 0.280 e. The van der Waals surface area contributed by atoms with Crippen LogP contribution in [0.4, 0.5) is 8.78 Å². The van der Waals surface area contributed by atoms with Crippen LogP contribution in [0.25, 0.3) is 0 Å². The number of carbonyl (C=O) groups is 1. The molecule has 0 radical (unpaired) electrons. The maximum Gasteiger partial charge on any atom is 0.280 e. The summed E-state index contributed by atoms with van der Waals surface area (Å²) in [5.74, 6) is -0.379. The molecule has 0 unspecified atom stereocenters. The van der Waals surface area contributed by atoms with Gasteiger partial charge in [-0.2, -0.15) is 0 Å². The van der Waals surface area contributed by atoms with Gasteiger partial charge in [-0.1, -0.05) is 0 Å². The average Bonchev–Trinajstić information content (AvgIpc) is 2.70. The van der Waals surface area contributed by atoms with Crippen molar-refractivity contribution in [2.75, 3.05) is 40.3 Å². The minimum atomic E-state index is -0.262. The number of carbonyl (C=O) groups excluding carboxylic acids is 1. The van der Waals surface area contributed by atoms with Gasteiger partial charge in [-0.15, -0.1) is 0 Å². The van der Waals surface area contributed by atoms with E-state index in [9.17, 15) is 13.6 Å². The Balaban J connectivity index is 1.79. The molecule has 0 spiro atoms. The van der Waals surface area contributed by atoms with Crippen LogP contribution < -0.4 is 9.80 Å². The molecule has 1 heterocycles. The van der Waals surface area contributed by atoms with Gasteiger partial charge < -0.3 is 14.7 Å². The SMILES string of the molecule is C[C@@H](C(=O)N(C)C)[NH+]1CC[NH+](C(c2ccc(F)cc2)c2ccc(F)cc2)CC1. The molecule has 28 heavy (non-hydrogen) atoms. The molecule has 0 aromatic heterocycles. The van der Waals surface area contributed by atoms with E-state index in [1.54, 1.807) is 19.0 Å². The third kappa shape index (κ3) is 4.56. The highest BCUT2D eigenvalue weighted by Crippen LogP contribution is 2.20. The van der Waals surface area contributed by atoms with E-state index in [0.717, 1.165) is 37.3 Å². The molecule has 0 saturated carbocycles. The maximum absolute atomic E-state index is 13.4. The minimum absolute atomic E-state index is 0.0163. The maximum atomic E-state index is 13.4. The van der Waals surface area contributed by atoms with Gasteiger partial charge in [0, 0.05) is 25.2 Å². The summed E-state index contributed by atoms with van der Waals surface area (Å²) in [6.07, 6.45) is 0. The lowest BCUT2D eigenvalue weighted by Crippen LogP contribution is -3.30. The highest BCUT2D eigenvalue weighted by molar-refractivity contribution is 5.79. The largest absolute Gasteiger partial charge is 0.344 e. The zero-order valence-electron chi connectivity index (χ0n) is 16.7. The van der Waals surface area contributed by atoms with Crippen molar-refractivity contribution >= 4 is 5.91 Å². The van der Waals surface area contributed by atoms with Gasteiger partial charge in [0.1, 0.15) is 43.9 Å². The van der Waals surface area contributed by atoms with Crippen LogP contribution in [0.3, 0.4) is 0 Å². The van der Waals surface area contributed by atoms with Gasteiger partial charge in [-0.25, -0.2) is 8.78 Å². The molecule has 0 aliphatic carbocycles. The molecular formula is C22H29F2N3O+2. The van der Waals surface area contributed by atoms with Crippen molar-refractivity contribution in [1.29, 1.82) is 0 Å². The van der Waals surface area contributed by atoms with Crippen LogP contribution in [-0.4, -0.2) is 57.1 Å². The Labute approximate surface area is 165 Å². The van der Waals surface area contributed by atoms with Gasteiger partial charge in [-0.3, -0.25) is 4.79 Å². The van der Waals surface area contributed by atoms with Crippen molar-refractivity contribution in [3.8, 4) is 0 Å². The molecule has 1 amide bonds. The third-order valence-corrected chi connectivity index (χ3v) is 5.77. The summed E-state index contributed by atoms with van der Waals surface area (Å²) in [6.45, 7) is 5.53. The Bertz CT molecular complexity index is 739. The number of benzene rings is 2. The van der Waals surface area contributed by atoms with E-state index in [0.29, 0.717) is 0 Å². The van der Waals surface area contributed by atoms with Gasteiger partial charge in [-0.05, 0) is 55.5 Å². The molecule has 150 valence electrons. The quantitative estimate of drug-likeness (QED) is 0.758. The number of piperazine rings is 1. The van der Waals surface area contributed by atoms with Crippen molar-refractivity contribution in [2.45, 2.75) is 19.0 Å². The highest BCUT2D eigenvalue weighted by atomic mass is 19.1. The van der Waals surface area contributed by atoms with Gasteiger partial charge in [0.05, 0.1) is 0 Å². The van der Waals surface area contributed by atoms with E-state index >= 15 is 0 Å². The van der Waals surface area contributed by atoms with E-state index in [2.05, 4.69) is 0 Å². The summed E-state index contributed by atoms with van der Waals surface area (Å²) in [4.78, 5) is 16.6. The fraction of sp³-hybridized carbons (Fsp3) is 0.409. The number of amides is 1. The van der Waals surface area contributed by atoms with Crippen LogP contribution >= 0.6 is 0 Å². The molecule has 4 nitrogen and oxygen atoms in total. The number of hydrogen-bond acceptors (Lipinski definition) is 1. The van der Waals surface area contributed by atoms with Crippen LogP contribution in [0.5, 0.6) is 0 Å². The van der Waals surface area contributed by atoms with Crippen molar-refractivity contribution < 1.29 is 23.4 Å². The lowest BCUT2D eigenvalue weighted by atomic mass is 9.96. The van der Waals surface area contributed by atoms with E-state index in [4.69, 9.17) is 0 Å². The van der Waals surface area contributed by atoms with Crippen molar-refractivity contribution in [3.05, 3.63) is 71.3 Å². The van der Waals surface area contributed by atoms with Crippen LogP contribution in [-0.2, 0) is 4.79 Å². The number of nitrogens with zero attached hydrogens (tertiary/aromatic N) is 1. The molecular weight excluding hydrogens is 360 g/mol. The summed E-state index contributed by atoms with van der Waals surface area (Å²) in [7, 11) is 3.58. The molecule has 3 rings (SSSR count). The zero-order valence-corrected chi connectivity index (χ0v) is 16.7. The zero-order chi connectivity index (χ0) is 20.3. The second-order valence-corrected chi connectivity index (χ2v) is 7.81. The van der Waals surface area contributed by atoms with Crippen LogP contribution in [0.15, 0.2) is 48.5 Å². The first kappa shape index (κ1) is 20.4. The molecule has 1 saturated heterocycles. The summed E-state index contributed by atoms with van der Waals surface area (Å²) in [5.41, 5.74) is 2.03. The number of halogens is 2. The van der Waals surface area contributed by atoms with Crippen molar-refractivity contribution in [3.63, 3.8) is 0 Å². The first-order valence-corrected chi connectivity index (χ1v) is 9.78. The third-order valence-electron chi connectivity index (χ3n) is 5.77. The van der Waals surface area contributed by atoms with E-state index in [-0.39, 0.29) is 29.6 Å². The van der Waals surface area contributed by atoms with Crippen LogP contribution in [0.2, 0.25) is 0 Å². The summed E-state index contributed by atoms with van der Waals surface area (Å²) >= 11 is 0. The summed E-state index contributed by atoms with van der Waals surface area (Å²) in [5, 5.41) is 0. The topological polar surface area (TPSA) is 29.2 Å². The molecule has 2 N–H and O–H groups in total. The van der Waals surface area contributed by atoms with Crippen molar-refractivity contribution in [1.82, 2.24) is 4.90 Å². The second kappa shape index (κ2) is 8.80. The number of quaternary nitrogens is 2. The molecule has 0 bridgehead atoms. The molecule has 1 aliphatic rings. The first-order valence-electron chi connectivity index (χ1n) is 9.78. The Morgan fingerprint density at radius 1 is 0.821 bits per heavy atom. The Morgan fingerprint density at radius 2 is 1.21 bits per heavy atom. The normalized spacial score (nSPS) is 20.8. The Kier molecular flexibility index (Phi) is 6.42. The molecule has 6 heteroatoms. The van der Waals surface area contributed by atoms with Crippen LogP contribution in [0, 0.1) is 11.6 Å². The number of likely N-dealkylation sites (N-methyl/N-ethyl adjacent to an activating group) is 1. The minimum Gasteiger partial charge on any atom is -0.344 e. The number of nitrogens with one attached hydrogen (secondary N) is 2. The van der Waals surface area contributed by atoms with Gasteiger partial charge in [0.2, 0.25) is 0 Å². The second-order valence-electron chi connectivity index (χ2n) is 7.81. The summed E-state index contributed by atoms with van der Waals surface area (Å²) < 4.78 is 26.9. The molecule has 1 atom stereocenters. The standard InChI is InChI=1S/C22H27F2N3O/c1-16(22(28)25(2)3)26-12-14-27(15-13-26)21(17-4-8-19(23)9-5-17)18-6-10-20(24)11-7-18/h4-11,16,21H,12-15H2,1-3H3/p+2/t16-/m0/s1.